The van der Waals surface area contributed by atoms with E-state index in [4.69, 9.17) is 0 Å². The molecule has 1 fully saturated rings. The van der Waals surface area contributed by atoms with E-state index in [1.807, 2.05) is 0 Å². The Morgan fingerprint density at radius 1 is 1.24 bits per heavy atom. The fourth-order valence-electron chi connectivity index (χ4n) is 3.09. The maximum absolute atomic E-state index is 13.1. The fraction of sp³-hybridized carbons (Fsp3) is 0.600. The molecule has 2 rings (SSSR count). The van der Waals surface area contributed by atoms with Crippen LogP contribution in [0.4, 0.5) is 13.2 Å². The molecule has 21 heavy (non-hydrogen) atoms. The van der Waals surface area contributed by atoms with E-state index in [1.165, 1.54) is 0 Å². The summed E-state index contributed by atoms with van der Waals surface area (Å²) in [7, 11) is 3.51. The number of nitrogens with zero attached hydrogens (tertiary/aromatic N) is 2. The smallest absolute Gasteiger partial charge is 0.297 e. The zero-order chi connectivity index (χ0) is 15.7. The van der Waals surface area contributed by atoms with Gasteiger partial charge < -0.3 is 0 Å². The Morgan fingerprint density at radius 2 is 1.86 bits per heavy atom. The van der Waals surface area contributed by atoms with Gasteiger partial charge in [0.1, 0.15) is 0 Å². The molecule has 3 nitrogen and oxygen atoms in total. The van der Waals surface area contributed by atoms with Crippen molar-refractivity contribution in [1.82, 2.24) is 9.88 Å². The molecule has 0 N–H and O–H groups in total. The summed E-state index contributed by atoms with van der Waals surface area (Å²) in [6, 6.07) is 0.874. The van der Waals surface area contributed by atoms with E-state index in [-0.39, 0.29) is 5.56 Å². The lowest BCUT2D eigenvalue weighted by molar-refractivity contribution is -0.138. The Balaban J connectivity index is 2.48. The van der Waals surface area contributed by atoms with Crippen molar-refractivity contribution in [2.45, 2.75) is 43.8 Å². The summed E-state index contributed by atoms with van der Waals surface area (Å²) in [6.45, 7) is 0. The second-order valence-corrected chi connectivity index (χ2v) is 5.73. The highest BCUT2D eigenvalue weighted by Crippen LogP contribution is 2.38. The SMILES string of the molecule is CN(C)C1(C(=O)c2cnccc2C(F)(F)F)CCCCC1. The first-order valence-electron chi connectivity index (χ1n) is 7.02. The normalized spacial score (nSPS) is 18.8. The molecule has 1 aliphatic rings. The number of hydrogen-bond donors (Lipinski definition) is 0. The standard InChI is InChI=1S/C15H19F3N2O/c1-20(2)14(7-4-3-5-8-14)13(21)11-10-19-9-6-12(11)15(16,17)18/h6,9-10H,3-5,7-8H2,1-2H3. The molecular formula is C15H19F3N2O. The second kappa shape index (κ2) is 5.75. The molecule has 0 atom stereocenters. The molecule has 0 spiro atoms. The van der Waals surface area contributed by atoms with Crippen molar-refractivity contribution in [3.63, 3.8) is 0 Å². The molecule has 0 bridgehead atoms. The van der Waals surface area contributed by atoms with Gasteiger partial charge in [0.05, 0.1) is 16.7 Å². The Kier molecular flexibility index (Phi) is 4.37. The summed E-state index contributed by atoms with van der Waals surface area (Å²) < 4.78 is 39.3. The van der Waals surface area contributed by atoms with Gasteiger partial charge in [0.25, 0.3) is 0 Å². The monoisotopic (exact) mass is 300 g/mol. The summed E-state index contributed by atoms with van der Waals surface area (Å²) in [5.74, 6) is -0.465. The molecule has 0 aliphatic heterocycles. The average molecular weight is 300 g/mol. The van der Waals surface area contributed by atoms with Crippen molar-refractivity contribution in [1.29, 1.82) is 0 Å². The molecule has 0 unspecified atom stereocenters. The first-order chi connectivity index (χ1) is 9.79. The molecule has 1 heterocycles. The first kappa shape index (κ1) is 15.9. The highest BCUT2D eigenvalue weighted by molar-refractivity contribution is 6.04. The van der Waals surface area contributed by atoms with E-state index in [9.17, 15) is 18.0 Å². The lowest BCUT2D eigenvalue weighted by Gasteiger charge is -2.41. The van der Waals surface area contributed by atoms with E-state index in [0.717, 1.165) is 37.7 Å². The number of pyridine rings is 1. The summed E-state index contributed by atoms with van der Waals surface area (Å²) in [5, 5.41) is 0. The number of alkyl halides is 3. The molecule has 1 aromatic heterocycles. The van der Waals surface area contributed by atoms with Crippen LogP contribution >= 0.6 is 0 Å². The molecular weight excluding hydrogens is 281 g/mol. The molecule has 0 radical (unpaired) electrons. The number of likely N-dealkylation sites (N-methyl/N-ethyl adjacent to an activating group) is 1. The minimum atomic E-state index is -4.55. The molecule has 0 saturated heterocycles. The largest absolute Gasteiger partial charge is 0.417 e. The van der Waals surface area contributed by atoms with Crippen LogP contribution in [-0.4, -0.2) is 35.3 Å². The summed E-state index contributed by atoms with van der Waals surface area (Å²) >= 11 is 0. The van der Waals surface area contributed by atoms with Gasteiger partial charge in [-0.1, -0.05) is 19.3 Å². The van der Waals surface area contributed by atoms with Crippen molar-refractivity contribution >= 4 is 5.78 Å². The highest BCUT2D eigenvalue weighted by atomic mass is 19.4. The Morgan fingerprint density at radius 3 is 2.38 bits per heavy atom. The zero-order valence-corrected chi connectivity index (χ0v) is 12.2. The van der Waals surface area contributed by atoms with Crippen molar-refractivity contribution in [2.24, 2.45) is 0 Å². The Bertz CT molecular complexity index is 520. The van der Waals surface area contributed by atoms with Gasteiger partial charge in [0.2, 0.25) is 0 Å². The van der Waals surface area contributed by atoms with Crippen LogP contribution in [0.15, 0.2) is 18.5 Å². The van der Waals surface area contributed by atoms with Crippen molar-refractivity contribution in [3.8, 4) is 0 Å². The third-order valence-electron chi connectivity index (χ3n) is 4.33. The highest BCUT2D eigenvalue weighted by Gasteiger charge is 2.45. The summed E-state index contributed by atoms with van der Waals surface area (Å²) in [5.41, 5.74) is -2.06. The average Bonchev–Trinajstić information content (AvgIpc) is 2.46. The van der Waals surface area contributed by atoms with Gasteiger partial charge in [-0.2, -0.15) is 13.2 Å². The maximum atomic E-state index is 13.1. The first-order valence-corrected chi connectivity index (χ1v) is 7.02. The van der Waals surface area contributed by atoms with E-state index in [1.54, 1.807) is 19.0 Å². The van der Waals surface area contributed by atoms with Crippen LogP contribution in [0.3, 0.4) is 0 Å². The Hall–Kier alpha value is -1.43. The van der Waals surface area contributed by atoms with E-state index < -0.39 is 23.1 Å². The van der Waals surface area contributed by atoms with Gasteiger partial charge in [-0.15, -0.1) is 0 Å². The topological polar surface area (TPSA) is 33.2 Å². The van der Waals surface area contributed by atoms with Gasteiger partial charge in [0.15, 0.2) is 5.78 Å². The van der Waals surface area contributed by atoms with Crippen LogP contribution in [0, 0.1) is 0 Å². The van der Waals surface area contributed by atoms with E-state index in [2.05, 4.69) is 4.98 Å². The third-order valence-corrected chi connectivity index (χ3v) is 4.33. The number of carbonyl (C=O) groups is 1. The molecule has 116 valence electrons. The van der Waals surface area contributed by atoms with Gasteiger partial charge in [-0.25, -0.2) is 0 Å². The van der Waals surface area contributed by atoms with Gasteiger partial charge in [0, 0.05) is 12.4 Å². The van der Waals surface area contributed by atoms with Crippen molar-refractivity contribution < 1.29 is 18.0 Å². The number of carbonyl (C=O) groups excluding carboxylic acids is 1. The minimum absolute atomic E-state index is 0.319. The van der Waals surface area contributed by atoms with Gasteiger partial charge in [-0.3, -0.25) is 14.7 Å². The molecule has 0 aromatic carbocycles. The molecule has 0 amide bonds. The third kappa shape index (κ3) is 2.95. The summed E-state index contributed by atoms with van der Waals surface area (Å²) in [6.07, 6.45) is 1.47. The fourth-order valence-corrected chi connectivity index (χ4v) is 3.09. The number of rotatable bonds is 3. The molecule has 6 heteroatoms. The minimum Gasteiger partial charge on any atom is -0.297 e. The van der Waals surface area contributed by atoms with Crippen LogP contribution < -0.4 is 0 Å². The Labute approximate surface area is 122 Å². The maximum Gasteiger partial charge on any atom is 0.417 e. The number of Topliss-reactive ketones (excluding diaryl/α,β-unsaturated/α-hetero) is 1. The number of ketones is 1. The predicted octanol–water partition coefficient (Wildman–Crippen LogP) is 3.55. The predicted molar refractivity (Wildman–Crippen MR) is 73.1 cm³/mol. The zero-order valence-electron chi connectivity index (χ0n) is 12.2. The molecule has 1 saturated carbocycles. The molecule has 1 aromatic rings. The van der Waals surface area contributed by atoms with Crippen molar-refractivity contribution in [3.05, 3.63) is 29.6 Å². The lowest BCUT2D eigenvalue weighted by atomic mass is 9.75. The van der Waals surface area contributed by atoms with Crippen molar-refractivity contribution in [2.75, 3.05) is 14.1 Å². The number of hydrogen-bond acceptors (Lipinski definition) is 3. The van der Waals surface area contributed by atoms with Crippen LogP contribution in [0.25, 0.3) is 0 Å². The van der Waals surface area contributed by atoms with Crippen LogP contribution in [0.1, 0.15) is 48.0 Å². The van der Waals surface area contributed by atoms with E-state index >= 15 is 0 Å². The van der Waals surface area contributed by atoms with Gasteiger partial charge in [-0.05, 0) is 33.0 Å². The summed E-state index contributed by atoms with van der Waals surface area (Å²) in [4.78, 5) is 18.3. The van der Waals surface area contributed by atoms with Crippen LogP contribution in [-0.2, 0) is 6.18 Å². The van der Waals surface area contributed by atoms with Crippen LogP contribution in [0.2, 0.25) is 0 Å². The number of halogens is 3. The second-order valence-electron chi connectivity index (χ2n) is 5.73. The quantitative estimate of drug-likeness (QED) is 0.800. The van der Waals surface area contributed by atoms with Crippen LogP contribution in [0.5, 0.6) is 0 Å². The number of aromatic nitrogens is 1. The van der Waals surface area contributed by atoms with E-state index in [0.29, 0.717) is 12.8 Å². The lowest BCUT2D eigenvalue weighted by Crippen LogP contribution is -2.52. The van der Waals surface area contributed by atoms with Gasteiger partial charge >= 0.3 is 6.18 Å². The molecule has 1 aliphatic carbocycles.